The SMILES string of the molecule is NN1Nc2ccc(Oc3ccc(NC(=O)Nc4cc(C(F)(F)F)ccc4F)cc3)cc2S1. The molecule has 1 aliphatic rings. The third kappa shape index (κ3) is 5.04. The number of alkyl halides is 3. The van der Waals surface area contributed by atoms with Crippen LogP contribution < -0.4 is 26.6 Å². The molecule has 4 rings (SSSR count). The van der Waals surface area contributed by atoms with Gasteiger partial charge in [-0.05, 0) is 72.6 Å². The molecule has 32 heavy (non-hydrogen) atoms. The lowest BCUT2D eigenvalue weighted by molar-refractivity contribution is -0.137. The quantitative estimate of drug-likeness (QED) is 0.221. The number of benzene rings is 3. The Balaban J connectivity index is 1.38. The number of rotatable bonds is 4. The van der Waals surface area contributed by atoms with Crippen LogP contribution in [0.25, 0.3) is 0 Å². The molecule has 0 fully saturated rings. The van der Waals surface area contributed by atoms with E-state index >= 15 is 0 Å². The smallest absolute Gasteiger partial charge is 0.416 e. The fourth-order valence-electron chi connectivity index (χ4n) is 2.81. The number of anilines is 3. The maximum Gasteiger partial charge on any atom is 0.416 e. The minimum Gasteiger partial charge on any atom is -0.457 e. The number of amides is 2. The normalized spacial score (nSPS) is 13.3. The standard InChI is InChI=1S/C20H15F4N5O2S/c21-15-7-1-11(20(22,23)24)9-17(15)27-19(30)26-12-2-4-13(5-3-12)31-14-6-8-16-18(10-14)32-29(25)28-16/h1-10,28H,25H2,(H2,26,27,30). The van der Waals surface area contributed by atoms with Gasteiger partial charge in [-0.25, -0.2) is 15.0 Å². The molecule has 2 amide bonds. The lowest BCUT2D eigenvalue weighted by Gasteiger charge is -2.12. The van der Waals surface area contributed by atoms with E-state index in [4.69, 9.17) is 10.6 Å². The number of hydrogen-bond donors (Lipinski definition) is 4. The Morgan fingerprint density at radius 3 is 2.44 bits per heavy atom. The van der Waals surface area contributed by atoms with E-state index < -0.39 is 29.3 Å². The van der Waals surface area contributed by atoms with Gasteiger partial charge in [-0.2, -0.15) is 13.2 Å². The van der Waals surface area contributed by atoms with Crippen LogP contribution >= 0.6 is 11.9 Å². The van der Waals surface area contributed by atoms with E-state index in [1.165, 1.54) is 28.6 Å². The average Bonchev–Trinajstić information content (AvgIpc) is 3.09. The first-order chi connectivity index (χ1) is 15.2. The number of ether oxygens (including phenoxy) is 1. The first-order valence-electron chi connectivity index (χ1n) is 9.03. The van der Waals surface area contributed by atoms with E-state index in [0.29, 0.717) is 35.4 Å². The van der Waals surface area contributed by atoms with E-state index in [1.54, 1.807) is 18.2 Å². The van der Waals surface area contributed by atoms with Crippen molar-refractivity contribution in [2.24, 2.45) is 5.84 Å². The first kappa shape index (κ1) is 21.7. The highest BCUT2D eigenvalue weighted by molar-refractivity contribution is 7.97. The number of hydrogen-bond acceptors (Lipinski definition) is 6. The maximum atomic E-state index is 13.8. The Labute approximate surface area is 183 Å². The number of carbonyl (C=O) groups is 1. The van der Waals surface area contributed by atoms with Gasteiger partial charge in [0.15, 0.2) is 0 Å². The molecule has 1 heterocycles. The summed E-state index contributed by atoms with van der Waals surface area (Å²) in [5.74, 6) is 5.73. The fraction of sp³-hybridized carbons (Fsp3) is 0.0500. The first-order valence-corrected chi connectivity index (χ1v) is 9.81. The monoisotopic (exact) mass is 465 g/mol. The third-order valence-corrected chi connectivity index (χ3v) is 5.09. The van der Waals surface area contributed by atoms with Crippen LogP contribution in [0.5, 0.6) is 11.5 Å². The van der Waals surface area contributed by atoms with Crippen molar-refractivity contribution in [3.05, 3.63) is 72.0 Å². The number of hydrazine groups is 2. The van der Waals surface area contributed by atoms with Crippen LogP contribution in [0, 0.1) is 5.82 Å². The summed E-state index contributed by atoms with van der Waals surface area (Å²) in [4.78, 5) is 13.0. The van der Waals surface area contributed by atoms with Crippen molar-refractivity contribution in [3.8, 4) is 11.5 Å². The van der Waals surface area contributed by atoms with Crippen LogP contribution in [0.2, 0.25) is 0 Å². The topological polar surface area (TPSA) is 91.7 Å². The molecule has 166 valence electrons. The Hall–Kier alpha value is -3.48. The van der Waals surface area contributed by atoms with E-state index in [-0.39, 0.29) is 0 Å². The number of nitrogens with one attached hydrogen (secondary N) is 3. The number of nitrogens with two attached hydrogens (primary N) is 1. The van der Waals surface area contributed by atoms with Crippen LogP contribution in [0.4, 0.5) is 39.4 Å². The van der Waals surface area contributed by atoms with Gasteiger partial charge in [-0.1, -0.05) is 4.52 Å². The molecule has 7 nitrogen and oxygen atoms in total. The molecule has 0 radical (unpaired) electrons. The molecule has 0 saturated carbocycles. The largest absolute Gasteiger partial charge is 0.457 e. The summed E-state index contributed by atoms with van der Waals surface area (Å²) in [7, 11) is 0. The fourth-order valence-corrected chi connectivity index (χ4v) is 3.54. The minimum atomic E-state index is -4.66. The van der Waals surface area contributed by atoms with Gasteiger partial charge in [0.25, 0.3) is 0 Å². The summed E-state index contributed by atoms with van der Waals surface area (Å²) in [5.41, 5.74) is 2.46. The Kier molecular flexibility index (Phi) is 5.82. The zero-order valence-corrected chi connectivity index (χ0v) is 16.9. The van der Waals surface area contributed by atoms with E-state index in [2.05, 4.69) is 16.1 Å². The van der Waals surface area contributed by atoms with Gasteiger partial charge < -0.3 is 15.4 Å². The summed E-state index contributed by atoms with van der Waals surface area (Å²) in [5, 5.41) is 4.50. The number of carbonyl (C=O) groups excluding carboxylic acids is 1. The zero-order valence-electron chi connectivity index (χ0n) is 16.0. The summed E-state index contributed by atoms with van der Waals surface area (Å²) in [6.07, 6.45) is -4.66. The average molecular weight is 465 g/mol. The molecule has 0 spiro atoms. The molecule has 3 aromatic rings. The molecule has 0 aliphatic carbocycles. The van der Waals surface area contributed by atoms with Crippen molar-refractivity contribution in [2.75, 3.05) is 16.1 Å². The van der Waals surface area contributed by atoms with E-state index in [0.717, 1.165) is 10.6 Å². The van der Waals surface area contributed by atoms with Gasteiger partial charge in [0.2, 0.25) is 0 Å². The number of halogens is 4. The minimum absolute atomic E-state index is 0.328. The van der Waals surface area contributed by atoms with Gasteiger partial charge in [0, 0.05) is 5.69 Å². The van der Waals surface area contributed by atoms with Crippen molar-refractivity contribution in [3.63, 3.8) is 0 Å². The van der Waals surface area contributed by atoms with Crippen LogP contribution in [-0.4, -0.2) is 10.6 Å². The van der Waals surface area contributed by atoms with Crippen molar-refractivity contribution in [1.29, 1.82) is 0 Å². The predicted molar refractivity (Wildman–Crippen MR) is 113 cm³/mol. The zero-order chi connectivity index (χ0) is 22.9. The molecule has 0 aromatic heterocycles. The Morgan fingerprint density at radius 2 is 1.72 bits per heavy atom. The third-order valence-electron chi connectivity index (χ3n) is 4.27. The van der Waals surface area contributed by atoms with Gasteiger partial charge in [-0.15, -0.1) is 0 Å². The molecule has 1 aliphatic heterocycles. The highest BCUT2D eigenvalue weighted by atomic mass is 32.2. The second-order valence-corrected chi connectivity index (χ2v) is 7.60. The molecule has 0 bridgehead atoms. The second-order valence-electron chi connectivity index (χ2n) is 6.58. The van der Waals surface area contributed by atoms with Crippen LogP contribution in [-0.2, 0) is 6.18 Å². The maximum absolute atomic E-state index is 13.8. The predicted octanol–water partition coefficient (Wildman–Crippen LogP) is 5.80. The summed E-state index contributed by atoms with van der Waals surface area (Å²) in [6.45, 7) is 0. The number of fused-ring (bicyclic) bond motifs is 1. The molecule has 12 heteroatoms. The Morgan fingerprint density at radius 1 is 1.00 bits per heavy atom. The molecule has 5 N–H and O–H groups in total. The van der Waals surface area contributed by atoms with Crippen molar-refractivity contribution >= 4 is 35.0 Å². The summed E-state index contributed by atoms with van der Waals surface area (Å²) >= 11 is 1.31. The summed E-state index contributed by atoms with van der Waals surface area (Å²) < 4.78 is 59.3. The molecule has 0 atom stereocenters. The van der Waals surface area contributed by atoms with Crippen molar-refractivity contribution < 1.29 is 27.1 Å². The highest BCUT2D eigenvalue weighted by Crippen LogP contribution is 2.38. The van der Waals surface area contributed by atoms with Gasteiger partial charge in [0.05, 0.1) is 21.8 Å². The van der Waals surface area contributed by atoms with E-state index in [9.17, 15) is 22.4 Å². The van der Waals surface area contributed by atoms with Crippen LogP contribution in [0.1, 0.15) is 5.56 Å². The molecular weight excluding hydrogens is 450 g/mol. The lowest BCUT2D eigenvalue weighted by Crippen LogP contribution is -2.25. The van der Waals surface area contributed by atoms with Crippen LogP contribution in [0.3, 0.4) is 0 Å². The Bertz CT molecular complexity index is 1160. The van der Waals surface area contributed by atoms with Crippen molar-refractivity contribution in [1.82, 2.24) is 4.52 Å². The molecule has 3 aromatic carbocycles. The molecule has 0 unspecified atom stereocenters. The highest BCUT2D eigenvalue weighted by Gasteiger charge is 2.31. The van der Waals surface area contributed by atoms with Gasteiger partial charge in [0.1, 0.15) is 17.3 Å². The number of nitrogens with zero attached hydrogens (tertiary/aromatic N) is 1. The van der Waals surface area contributed by atoms with Crippen LogP contribution in [0.15, 0.2) is 65.6 Å². The lowest BCUT2D eigenvalue weighted by atomic mass is 10.2. The molecule has 0 saturated heterocycles. The van der Waals surface area contributed by atoms with Crippen molar-refractivity contribution in [2.45, 2.75) is 11.1 Å². The van der Waals surface area contributed by atoms with Gasteiger partial charge >= 0.3 is 12.2 Å². The second kappa shape index (κ2) is 8.57. The van der Waals surface area contributed by atoms with Gasteiger partial charge in [-0.3, -0.25) is 5.43 Å². The summed E-state index contributed by atoms with van der Waals surface area (Å²) in [6, 6.07) is 12.5. The molecular formula is C20H15F4N5O2S. The number of urea groups is 1. The van der Waals surface area contributed by atoms with E-state index in [1.807, 2.05) is 12.1 Å².